The molecule has 2 nitrogen and oxygen atoms in total. The Hall–Kier alpha value is -1.74. The molecule has 2 aromatic carbocycles. The summed E-state index contributed by atoms with van der Waals surface area (Å²) in [6.45, 7) is 2.30. The second-order valence-corrected chi connectivity index (χ2v) is 13.4. The monoisotopic (exact) mass is 577 g/mol. The van der Waals surface area contributed by atoms with E-state index in [2.05, 4.69) is 43.3 Å². The molecule has 0 spiro atoms. The van der Waals surface area contributed by atoms with Crippen molar-refractivity contribution in [2.24, 2.45) is 0 Å². The maximum Gasteiger partial charge on any atom is 0.231 e. The number of para-hydroxylation sites is 2. The average Bonchev–Trinajstić information content (AvgIpc) is 3.00. The van der Waals surface area contributed by atoms with Gasteiger partial charge >= 0.3 is 0 Å². The van der Waals surface area contributed by atoms with Gasteiger partial charge in [-0.25, -0.2) is 0 Å². The molecular weight excluding hydrogens is 518 g/mol. The molecule has 1 heterocycles. The van der Waals surface area contributed by atoms with E-state index in [0.29, 0.717) is 6.42 Å². The summed E-state index contributed by atoms with van der Waals surface area (Å²) >= 11 is 1.76. The molecule has 1 amide bonds. The van der Waals surface area contributed by atoms with Gasteiger partial charge in [-0.15, -0.1) is 0 Å². The van der Waals surface area contributed by atoms with E-state index in [4.69, 9.17) is 0 Å². The summed E-state index contributed by atoms with van der Waals surface area (Å²) in [5.41, 5.74) is 2.07. The van der Waals surface area contributed by atoms with Crippen molar-refractivity contribution >= 4 is 29.0 Å². The highest BCUT2D eigenvalue weighted by Crippen LogP contribution is 2.48. The zero-order valence-electron chi connectivity index (χ0n) is 26.4. The van der Waals surface area contributed by atoms with E-state index in [1.807, 2.05) is 17.0 Å². The molecular formula is C38H59NOS. The summed E-state index contributed by atoms with van der Waals surface area (Å²) in [4.78, 5) is 17.6. The first kappa shape index (κ1) is 33.8. The third-order valence-corrected chi connectivity index (χ3v) is 9.81. The van der Waals surface area contributed by atoms with Crippen molar-refractivity contribution in [1.82, 2.24) is 0 Å². The van der Waals surface area contributed by atoms with E-state index >= 15 is 0 Å². The Kier molecular flexibility index (Phi) is 18.0. The number of benzene rings is 2. The van der Waals surface area contributed by atoms with Crippen LogP contribution >= 0.6 is 11.8 Å². The van der Waals surface area contributed by atoms with Crippen LogP contribution in [0.25, 0.3) is 0 Å². The highest BCUT2D eigenvalue weighted by molar-refractivity contribution is 7.99. The lowest BCUT2D eigenvalue weighted by Crippen LogP contribution is -2.28. The lowest BCUT2D eigenvalue weighted by Gasteiger charge is -2.31. The molecule has 0 bridgehead atoms. The number of anilines is 2. The minimum absolute atomic E-state index is 0.230. The maximum absolute atomic E-state index is 13.3. The Labute approximate surface area is 257 Å². The molecule has 228 valence electrons. The third-order valence-electron chi connectivity index (χ3n) is 8.68. The molecule has 3 heteroatoms. The second-order valence-electron chi connectivity index (χ2n) is 12.3. The fraction of sp³-hybridized carbons (Fsp3) is 0.658. The van der Waals surface area contributed by atoms with Crippen LogP contribution in [0.1, 0.15) is 161 Å². The molecule has 2 aromatic rings. The summed E-state index contributed by atoms with van der Waals surface area (Å²) in [6.07, 6.45) is 32.7. The Morgan fingerprint density at radius 3 is 1.17 bits per heavy atom. The molecule has 0 aliphatic carbocycles. The van der Waals surface area contributed by atoms with E-state index < -0.39 is 0 Å². The van der Waals surface area contributed by atoms with E-state index in [1.165, 1.54) is 145 Å². The molecule has 1 aliphatic rings. The van der Waals surface area contributed by atoms with Gasteiger partial charge in [-0.05, 0) is 30.7 Å². The molecule has 41 heavy (non-hydrogen) atoms. The molecule has 3 rings (SSSR count). The fourth-order valence-electron chi connectivity index (χ4n) is 6.15. The third kappa shape index (κ3) is 13.4. The van der Waals surface area contributed by atoms with Gasteiger partial charge in [-0.3, -0.25) is 9.69 Å². The predicted octanol–water partition coefficient (Wildman–Crippen LogP) is 13.2. The first-order valence-corrected chi connectivity index (χ1v) is 18.3. The summed E-state index contributed by atoms with van der Waals surface area (Å²) < 4.78 is 0. The van der Waals surface area contributed by atoms with Crippen LogP contribution in [-0.2, 0) is 4.79 Å². The van der Waals surface area contributed by atoms with Crippen molar-refractivity contribution in [3.63, 3.8) is 0 Å². The molecule has 0 saturated carbocycles. The van der Waals surface area contributed by atoms with Gasteiger partial charge < -0.3 is 0 Å². The highest BCUT2D eigenvalue weighted by Gasteiger charge is 2.27. The van der Waals surface area contributed by atoms with Crippen LogP contribution in [0, 0.1) is 0 Å². The minimum atomic E-state index is 0.230. The number of nitrogens with zero attached hydrogens (tertiary/aromatic N) is 1. The van der Waals surface area contributed by atoms with Gasteiger partial charge in [0.15, 0.2) is 0 Å². The van der Waals surface area contributed by atoms with Crippen LogP contribution in [0.5, 0.6) is 0 Å². The van der Waals surface area contributed by atoms with Crippen LogP contribution in [0.4, 0.5) is 11.4 Å². The smallest absolute Gasteiger partial charge is 0.231 e. The average molecular weight is 578 g/mol. The van der Waals surface area contributed by atoms with Gasteiger partial charge in [-0.1, -0.05) is 184 Å². The van der Waals surface area contributed by atoms with E-state index in [9.17, 15) is 4.79 Å². The van der Waals surface area contributed by atoms with E-state index in [-0.39, 0.29) is 5.91 Å². The van der Waals surface area contributed by atoms with Crippen LogP contribution in [0.2, 0.25) is 0 Å². The number of hydrogen-bond donors (Lipinski definition) is 0. The van der Waals surface area contributed by atoms with E-state index in [1.54, 1.807) is 11.8 Å². The molecule has 0 aromatic heterocycles. The van der Waals surface area contributed by atoms with Gasteiger partial charge in [0.2, 0.25) is 5.91 Å². The van der Waals surface area contributed by atoms with Crippen LogP contribution in [0.3, 0.4) is 0 Å². The Bertz CT molecular complexity index is 911. The van der Waals surface area contributed by atoms with Crippen molar-refractivity contribution in [2.45, 2.75) is 171 Å². The Balaban J connectivity index is 1.09. The van der Waals surface area contributed by atoms with Crippen molar-refractivity contribution in [3.05, 3.63) is 48.5 Å². The minimum Gasteiger partial charge on any atom is -0.279 e. The molecule has 0 atom stereocenters. The predicted molar refractivity (Wildman–Crippen MR) is 181 cm³/mol. The first-order chi connectivity index (χ1) is 20.3. The normalized spacial score (nSPS) is 12.4. The van der Waals surface area contributed by atoms with Crippen molar-refractivity contribution in [2.75, 3.05) is 4.90 Å². The number of unbranched alkanes of at least 4 members (excludes halogenated alkanes) is 22. The quantitative estimate of drug-likeness (QED) is 0.116. The van der Waals surface area contributed by atoms with Gasteiger partial charge in [0, 0.05) is 16.2 Å². The summed E-state index contributed by atoms with van der Waals surface area (Å²) in [7, 11) is 0. The standard InChI is InChI=1S/C38H59NOS/c1-2-3-4-5-6-7-8-9-10-11-12-13-14-15-16-17-18-19-20-21-22-23-24-33-38(40)39-34-29-25-27-31-36(34)41-37-32-28-26-30-35(37)39/h25-32H,2-24,33H2,1H3. The first-order valence-electron chi connectivity index (χ1n) is 17.5. The summed E-state index contributed by atoms with van der Waals surface area (Å²) in [6, 6.07) is 16.6. The molecule has 0 N–H and O–H groups in total. The van der Waals surface area contributed by atoms with Gasteiger partial charge in [0.05, 0.1) is 11.4 Å². The molecule has 0 unspecified atom stereocenters. The van der Waals surface area contributed by atoms with Crippen molar-refractivity contribution in [3.8, 4) is 0 Å². The topological polar surface area (TPSA) is 20.3 Å². The van der Waals surface area contributed by atoms with Gasteiger partial charge in [0.1, 0.15) is 0 Å². The van der Waals surface area contributed by atoms with Crippen LogP contribution < -0.4 is 4.90 Å². The molecule has 1 aliphatic heterocycles. The maximum atomic E-state index is 13.3. The van der Waals surface area contributed by atoms with Crippen LogP contribution in [-0.4, -0.2) is 5.91 Å². The molecule has 0 fully saturated rings. The molecule has 0 saturated heterocycles. The lowest BCUT2D eigenvalue weighted by molar-refractivity contribution is -0.118. The second kappa shape index (κ2) is 21.9. The number of amides is 1. The summed E-state index contributed by atoms with van der Waals surface area (Å²) in [5, 5.41) is 0. The Morgan fingerprint density at radius 1 is 0.488 bits per heavy atom. The lowest BCUT2D eigenvalue weighted by atomic mass is 10.0. The largest absolute Gasteiger partial charge is 0.279 e. The van der Waals surface area contributed by atoms with Crippen molar-refractivity contribution in [1.29, 1.82) is 0 Å². The molecule has 0 radical (unpaired) electrons. The highest BCUT2D eigenvalue weighted by atomic mass is 32.2. The number of fused-ring (bicyclic) bond motifs is 2. The fourth-order valence-corrected chi connectivity index (χ4v) is 7.20. The number of carbonyl (C=O) groups excluding carboxylic acids is 1. The van der Waals surface area contributed by atoms with E-state index in [0.717, 1.165) is 24.2 Å². The van der Waals surface area contributed by atoms with Gasteiger partial charge in [0.25, 0.3) is 0 Å². The van der Waals surface area contributed by atoms with Gasteiger partial charge in [-0.2, -0.15) is 0 Å². The number of hydrogen-bond acceptors (Lipinski definition) is 2. The zero-order chi connectivity index (χ0) is 28.8. The van der Waals surface area contributed by atoms with Crippen molar-refractivity contribution < 1.29 is 4.79 Å². The zero-order valence-corrected chi connectivity index (χ0v) is 27.2. The summed E-state index contributed by atoms with van der Waals surface area (Å²) in [5.74, 6) is 0.230. The Morgan fingerprint density at radius 2 is 0.805 bits per heavy atom. The number of carbonyl (C=O) groups is 1. The number of rotatable bonds is 24. The SMILES string of the molecule is CCCCCCCCCCCCCCCCCCCCCCCCCC(=O)N1c2ccccc2Sc2ccccc21. The van der Waals surface area contributed by atoms with Crippen LogP contribution in [0.15, 0.2) is 58.3 Å².